The molecule has 0 amide bonds. The van der Waals surface area contributed by atoms with Gasteiger partial charge in [0.2, 0.25) is 0 Å². The number of hydrogen-bond donors (Lipinski definition) is 1. The van der Waals surface area contributed by atoms with Crippen molar-refractivity contribution in [3.63, 3.8) is 0 Å². The van der Waals surface area contributed by atoms with Crippen LogP contribution in [-0.2, 0) is 18.1 Å². The summed E-state index contributed by atoms with van der Waals surface area (Å²) in [7, 11) is -2.72. The molecule has 1 atom stereocenters. The van der Waals surface area contributed by atoms with Crippen LogP contribution in [0.15, 0.2) is 30.3 Å². The van der Waals surface area contributed by atoms with E-state index in [0.717, 1.165) is 44.1 Å². The molecule has 0 radical (unpaired) electrons. The molecule has 1 aliphatic carbocycles. The number of rotatable bonds is 13. The number of carboxylic acids is 1. The molecule has 0 saturated heterocycles. The summed E-state index contributed by atoms with van der Waals surface area (Å²) >= 11 is 0. The van der Waals surface area contributed by atoms with Crippen LogP contribution in [0.1, 0.15) is 83.3 Å². The summed E-state index contributed by atoms with van der Waals surface area (Å²) in [6, 6.07) is 8.32. The molecule has 0 spiro atoms. The molecule has 174 valence electrons. The minimum absolute atomic E-state index is 0.363. The van der Waals surface area contributed by atoms with E-state index in [1.54, 1.807) is 6.08 Å². The van der Waals surface area contributed by atoms with Crippen LogP contribution >= 0.6 is 0 Å². The highest BCUT2D eigenvalue weighted by atomic mass is 28.4. The zero-order valence-electron chi connectivity index (χ0n) is 19.6. The second-order valence-corrected chi connectivity index (χ2v) is 11.1. The maximum atomic E-state index is 10.7. The topological polar surface area (TPSA) is 65.0 Å². The lowest BCUT2D eigenvalue weighted by atomic mass is 9.76. The van der Waals surface area contributed by atoms with Crippen molar-refractivity contribution >= 4 is 20.8 Å². The van der Waals surface area contributed by atoms with Crippen molar-refractivity contribution in [1.29, 1.82) is 0 Å². The van der Waals surface area contributed by atoms with E-state index in [1.807, 2.05) is 32.9 Å². The summed E-state index contributed by atoms with van der Waals surface area (Å²) in [6.45, 7) is 10.2. The van der Waals surface area contributed by atoms with Gasteiger partial charge in [-0.1, -0.05) is 37.6 Å². The Labute approximate surface area is 189 Å². The van der Waals surface area contributed by atoms with Crippen LogP contribution in [-0.4, -0.2) is 39.7 Å². The van der Waals surface area contributed by atoms with Gasteiger partial charge in [-0.3, -0.25) is 0 Å². The van der Waals surface area contributed by atoms with Crippen molar-refractivity contribution < 1.29 is 23.2 Å². The van der Waals surface area contributed by atoms with E-state index in [4.69, 9.17) is 18.4 Å². The predicted octanol–water partition coefficient (Wildman–Crippen LogP) is 6.28. The highest BCUT2D eigenvalue weighted by Crippen LogP contribution is 2.47. The van der Waals surface area contributed by atoms with E-state index in [2.05, 4.69) is 19.1 Å². The Bertz CT molecular complexity index is 663. The van der Waals surface area contributed by atoms with E-state index >= 15 is 0 Å². The number of hydrogen-bond acceptors (Lipinski definition) is 4. The zero-order valence-corrected chi connectivity index (χ0v) is 20.6. The Morgan fingerprint density at radius 1 is 1.00 bits per heavy atom. The molecule has 6 heteroatoms. The standard InChI is InChI=1S/C25H40O5Si/c1-5-9-24(31(28-6-2,29-7-3)30-8-4)23-17-15-22(16-18-23)21-13-10-20(11-14-21)12-19-25(26)27/h10-14,19,22-24H,5-9,15-18H2,1-4H3,(H,26,27)/b19-12+. The maximum Gasteiger partial charge on any atom is 0.504 e. The highest BCUT2D eigenvalue weighted by Gasteiger charge is 2.52. The van der Waals surface area contributed by atoms with Gasteiger partial charge in [0.25, 0.3) is 0 Å². The summed E-state index contributed by atoms with van der Waals surface area (Å²) < 4.78 is 18.9. The van der Waals surface area contributed by atoms with Gasteiger partial charge < -0.3 is 18.4 Å². The van der Waals surface area contributed by atoms with Crippen molar-refractivity contribution in [2.45, 2.75) is 77.7 Å². The number of aliphatic carboxylic acids is 1. The summed E-state index contributed by atoms with van der Waals surface area (Å²) in [6.07, 6.45) is 9.66. The molecule has 0 bridgehead atoms. The molecule has 1 saturated carbocycles. The molecule has 1 aromatic rings. The molecule has 1 aliphatic rings. The van der Waals surface area contributed by atoms with Gasteiger partial charge >= 0.3 is 14.8 Å². The quantitative estimate of drug-likeness (QED) is 0.284. The Kier molecular flexibility index (Phi) is 10.9. The third-order valence-electron chi connectivity index (χ3n) is 6.26. The minimum atomic E-state index is -2.72. The monoisotopic (exact) mass is 448 g/mol. The average Bonchev–Trinajstić information content (AvgIpc) is 2.77. The maximum absolute atomic E-state index is 10.7. The van der Waals surface area contributed by atoms with Crippen molar-refractivity contribution in [3.05, 3.63) is 41.5 Å². The highest BCUT2D eigenvalue weighted by molar-refractivity contribution is 6.62. The van der Waals surface area contributed by atoms with Crippen LogP contribution in [0.2, 0.25) is 5.54 Å². The minimum Gasteiger partial charge on any atom is -0.478 e. The summed E-state index contributed by atoms with van der Waals surface area (Å²) in [5.41, 5.74) is 2.63. The number of benzene rings is 1. The molecule has 31 heavy (non-hydrogen) atoms. The molecule has 0 heterocycles. The smallest absolute Gasteiger partial charge is 0.478 e. The van der Waals surface area contributed by atoms with E-state index in [9.17, 15) is 4.79 Å². The van der Waals surface area contributed by atoms with Crippen LogP contribution in [0.4, 0.5) is 0 Å². The third-order valence-corrected chi connectivity index (χ3v) is 10.00. The lowest BCUT2D eigenvalue weighted by Crippen LogP contribution is -2.52. The Hall–Kier alpha value is -1.47. The fraction of sp³-hybridized carbons (Fsp3) is 0.640. The molecular formula is C25H40O5Si. The first kappa shape index (κ1) is 25.8. The predicted molar refractivity (Wildman–Crippen MR) is 127 cm³/mol. The largest absolute Gasteiger partial charge is 0.504 e. The number of carbonyl (C=O) groups is 1. The molecular weight excluding hydrogens is 408 g/mol. The van der Waals surface area contributed by atoms with Crippen molar-refractivity contribution in [1.82, 2.24) is 0 Å². The Morgan fingerprint density at radius 2 is 1.55 bits per heavy atom. The van der Waals surface area contributed by atoms with Crippen molar-refractivity contribution in [2.75, 3.05) is 19.8 Å². The molecule has 0 aliphatic heterocycles. The van der Waals surface area contributed by atoms with Gasteiger partial charge in [-0.25, -0.2) is 4.79 Å². The molecule has 0 aromatic heterocycles. The summed E-state index contributed by atoms with van der Waals surface area (Å²) in [5.74, 6) is 0.207. The Morgan fingerprint density at radius 3 is 2.00 bits per heavy atom. The first-order valence-electron chi connectivity index (χ1n) is 11.9. The molecule has 1 unspecified atom stereocenters. The van der Waals surface area contributed by atoms with E-state index in [-0.39, 0.29) is 0 Å². The molecule has 1 fully saturated rings. The Balaban J connectivity index is 2.09. The van der Waals surface area contributed by atoms with Crippen molar-refractivity contribution in [2.24, 2.45) is 5.92 Å². The average molecular weight is 449 g/mol. The first-order chi connectivity index (χ1) is 15.0. The normalized spacial score (nSPS) is 20.8. The summed E-state index contributed by atoms with van der Waals surface area (Å²) in [4.78, 5) is 10.7. The molecule has 5 nitrogen and oxygen atoms in total. The van der Waals surface area contributed by atoms with E-state index < -0.39 is 14.8 Å². The van der Waals surface area contributed by atoms with Gasteiger partial charge in [0.1, 0.15) is 0 Å². The molecule has 1 N–H and O–H groups in total. The fourth-order valence-corrected chi connectivity index (χ4v) is 8.62. The molecule has 2 rings (SSSR count). The van der Waals surface area contributed by atoms with Gasteiger partial charge in [0.05, 0.1) is 0 Å². The van der Waals surface area contributed by atoms with Crippen LogP contribution in [0.25, 0.3) is 6.08 Å². The SMILES string of the molecule is CCCC(C1CCC(c2ccc(/C=C/C(=O)O)cc2)CC1)[Si](OCC)(OCC)OCC. The van der Waals surface area contributed by atoms with Gasteiger partial charge in [0, 0.05) is 31.4 Å². The lowest BCUT2D eigenvalue weighted by Gasteiger charge is -2.42. The molecule has 1 aromatic carbocycles. The van der Waals surface area contributed by atoms with Gasteiger partial charge in [-0.2, -0.15) is 0 Å². The van der Waals surface area contributed by atoms with Crippen LogP contribution in [0.3, 0.4) is 0 Å². The van der Waals surface area contributed by atoms with Crippen LogP contribution in [0.5, 0.6) is 0 Å². The second kappa shape index (κ2) is 13.2. The van der Waals surface area contributed by atoms with Crippen LogP contribution < -0.4 is 0 Å². The first-order valence-corrected chi connectivity index (χ1v) is 13.7. The second-order valence-electron chi connectivity index (χ2n) is 8.25. The van der Waals surface area contributed by atoms with Gasteiger partial charge in [-0.15, -0.1) is 0 Å². The van der Waals surface area contributed by atoms with Gasteiger partial charge in [0.15, 0.2) is 0 Å². The van der Waals surface area contributed by atoms with Gasteiger partial charge in [-0.05, 0) is 81.9 Å². The van der Waals surface area contributed by atoms with Crippen molar-refractivity contribution in [3.8, 4) is 0 Å². The number of carboxylic acid groups (broad SMARTS) is 1. The van der Waals surface area contributed by atoms with Crippen LogP contribution in [0, 0.1) is 5.92 Å². The summed E-state index contributed by atoms with van der Waals surface area (Å²) in [5, 5.41) is 8.79. The fourth-order valence-electron chi connectivity index (χ4n) is 4.96. The van der Waals surface area contributed by atoms with E-state index in [0.29, 0.717) is 37.2 Å². The third kappa shape index (κ3) is 7.28. The lowest BCUT2D eigenvalue weighted by molar-refractivity contribution is -0.131. The van der Waals surface area contributed by atoms with E-state index in [1.165, 1.54) is 11.6 Å². The zero-order chi connectivity index (χ0) is 22.7.